The highest BCUT2D eigenvalue weighted by molar-refractivity contribution is 5.78. The summed E-state index contributed by atoms with van der Waals surface area (Å²) >= 11 is 0. The third-order valence-electron chi connectivity index (χ3n) is 2.55. The van der Waals surface area contributed by atoms with E-state index < -0.39 is 0 Å². The molecule has 0 N–H and O–H groups in total. The minimum Gasteiger partial charge on any atom is -0.461 e. The van der Waals surface area contributed by atoms with E-state index in [1.807, 2.05) is 0 Å². The van der Waals surface area contributed by atoms with Gasteiger partial charge in [0.15, 0.2) is 0 Å². The fraction of sp³-hybridized carbons (Fsp3) is 0.750. The van der Waals surface area contributed by atoms with Gasteiger partial charge in [0.05, 0.1) is 5.92 Å². The number of hydrogen-bond acceptors (Lipinski definition) is 2. The Morgan fingerprint density at radius 1 is 1.57 bits per heavy atom. The fourth-order valence-electron chi connectivity index (χ4n) is 1.82. The Morgan fingerprint density at radius 3 is 2.79 bits per heavy atom. The molecule has 1 rings (SSSR count). The number of carbonyl (C=O) groups excluding carboxylic acids is 1. The number of unbranched alkanes of at least 4 members (excludes halogenated alkanes) is 1. The summed E-state index contributed by atoms with van der Waals surface area (Å²) < 4.78 is 5.09. The molecule has 0 aromatic heterocycles. The third-order valence-corrected chi connectivity index (χ3v) is 2.55. The summed E-state index contributed by atoms with van der Waals surface area (Å²) in [6, 6.07) is 0. The minimum atomic E-state index is -0.0237. The minimum absolute atomic E-state index is 0.0237. The van der Waals surface area contributed by atoms with Gasteiger partial charge in [0, 0.05) is 6.42 Å². The van der Waals surface area contributed by atoms with Crippen molar-refractivity contribution in [1.29, 1.82) is 0 Å². The molecule has 1 saturated heterocycles. The zero-order valence-corrected chi connectivity index (χ0v) is 8.95. The van der Waals surface area contributed by atoms with Crippen molar-refractivity contribution in [3.63, 3.8) is 0 Å². The van der Waals surface area contributed by atoms with Crippen LogP contribution in [0.5, 0.6) is 0 Å². The molecule has 0 radical (unpaired) electrons. The van der Waals surface area contributed by atoms with E-state index in [9.17, 15) is 4.79 Å². The Morgan fingerprint density at radius 2 is 2.29 bits per heavy atom. The molecule has 1 fully saturated rings. The van der Waals surface area contributed by atoms with E-state index in [0.29, 0.717) is 5.92 Å². The van der Waals surface area contributed by atoms with Crippen LogP contribution in [0, 0.1) is 24.2 Å². The molecule has 0 spiro atoms. The topological polar surface area (TPSA) is 26.3 Å². The third kappa shape index (κ3) is 2.77. The highest BCUT2D eigenvalue weighted by atomic mass is 16.6. The van der Waals surface area contributed by atoms with Crippen molar-refractivity contribution in [3.8, 4) is 12.3 Å². The Bertz CT molecular complexity index is 237. The lowest BCUT2D eigenvalue weighted by Crippen LogP contribution is -2.45. The first-order valence-corrected chi connectivity index (χ1v) is 5.29. The number of carbonyl (C=O) groups is 1. The van der Waals surface area contributed by atoms with E-state index in [2.05, 4.69) is 19.8 Å². The molecule has 0 aromatic carbocycles. The molecule has 2 heteroatoms. The summed E-state index contributed by atoms with van der Waals surface area (Å²) in [5, 5.41) is 0. The van der Waals surface area contributed by atoms with Crippen molar-refractivity contribution in [2.45, 2.75) is 45.6 Å². The van der Waals surface area contributed by atoms with Gasteiger partial charge < -0.3 is 4.74 Å². The highest BCUT2D eigenvalue weighted by Gasteiger charge is 2.41. The van der Waals surface area contributed by atoms with Crippen LogP contribution in [-0.2, 0) is 9.53 Å². The van der Waals surface area contributed by atoms with Gasteiger partial charge in [-0.25, -0.2) is 0 Å². The van der Waals surface area contributed by atoms with Crippen LogP contribution >= 0.6 is 0 Å². The summed E-state index contributed by atoms with van der Waals surface area (Å²) in [6.07, 6.45) is 8.91. The van der Waals surface area contributed by atoms with Crippen LogP contribution in [-0.4, -0.2) is 12.1 Å². The Balaban J connectivity index is 2.26. The van der Waals surface area contributed by atoms with Crippen LogP contribution in [0.4, 0.5) is 0 Å². The molecule has 1 aliphatic rings. The average Bonchev–Trinajstić information content (AvgIpc) is 2.13. The summed E-state index contributed by atoms with van der Waals surface area (Å²) in [6.45, 7) is 4.26. The van der Waals surface area contributed by atoms with E-state index in [1.54, 1.807) is 0 Å². The second-order valence-electron chi connectivity index (χ2n) is 4.31. The zero-order chi connectivity index (χ0) is 10.6. The molecule has 0 aromatic rings. The van der Waals surface area contributed by atoms with Gasteiger partial charge in [0.25, 0.3) is 0 Å². The lowest BCUT2D eigenvalue weighted by molar-refractivity contribution is -0.186. The molecule has 0 bridgehead atoms. The maximum Gasteiger partial charge on any atom is 0.313 e. The smallest absolute Gasteiger partial charge is 0.313 e. The first kappa shape index (κ1) is 11.1. The van der Waals surface area contributed by atoms with Crippen LogP contribution in [0.2, 0.25) is 0 Å². The van der Waals surface area contributed by atoms with Crippen molar-refractivity contribution in [3.05, 3.63) is 0 Å². The van der Waals surface area contributed by atoms with Gasteiger partial charge in [-0.05, 0) is 25.2 Å². The molecule has 14 heavy (non-hydrogen) atoms. The molecule has 2 nitrogen and oxygen atoms in total. The second-order valence-corrected chi connectivity index (χ2v) is 4.31. The second kappa shape index (κ2) is 5.05. The summed E-state index contributed by atoms with van der Waals surface area (Å²) in [4.78, 5) is 11.1. The average molecular weight is 194 g/mol. The van der Waals surface area contributed by atoms with Crippen molar-refractivity contribution >= 4 is 5.97 Å². The van der Waals surface area contributed by atoms with Gasteiger partial charge in [-0.15, -0.1) is 12.3 Å². The fourth-order valence-corrected chi connectivity index (χ4v) is 1.82. The number of rotatable bonds is 5. The number of terminal acetylenes is 1. The predicted octanol–water partition coefficient (Wildman–Crippen LogP) is 2.38. The van der Waals surface area contributed by atoms with Crippen LogP contribution in [0.3, 0.4) is 0 Å². The first-order valence-electron chi connectivity index (χ1n) is 5.29. The molecule has 1 heterocycles. The van der Waals surface area contributed by atoms with E-state index in [1.165, 1.54) is 0 Å². The number of hydrogen-bond donors (Lipinski definition) is 0. The molecular weight excluding hydrogens is 176 g/mol. The van der Waals surface area contributed by atoms with Crippen molar-refractivity contribution in [1.82, 2.24) is 0 Å². The quantitative estimate of drug-likeness (QED) is 0.381. The van der Waals surface area contributed by atoms with E-state index >= 15 is 0 Å². The monoisotopic (exact) mass is 194 g/mol. The summed E-state index contributed by atoms with van der Waals surface area (Å²) in [7, 11) is 0. The van der Waals surface area contributed by atoms with Gasteiger partial charge in [-0.3, -0.25) is 4.79 Å². The number of cyclic esters (lactones) is 1. The molecule has 0 amide bonds. The maximum absolute atomic E-state index is 11.1. The van der Waals surface area contributed by atoms with Gasteiger partial charge >= 0.3 is 5.97 Å². The van der Waals surface area contributed by atoms with Gasteiger partial charge in [0.2, 0.25) is 0 Å². The summed E-state index contributed by atoms with van der Waals surface area (Å²) in [5.74, 6) is 3.26. The lowest BCUT2D eigenvalue weighted by Gasteiger charge is -2.36. The molecule has 0 aliphatic carbocycles. The molecule has 2 unspecified atom stereocenters. The number of esters is 1. The van der Waals surface area contributed by atoms with E-state index in [4.69, 9.17) is 11.2 Å². The normalized spacial score (nSPS) is 25.4. The van der Waals surface area contributed by atoms with Gasteiger partial charge in [-0.2, -0.15) is 0 Å². The first-order chi connectivity index (χ1) is 6.65. The number of ether oxygens (including phenoxy) is 1. The van der Waals surface area contributed by atoms with Crippen molar-refractivity contribution in [2.75, 3.05) is 0 Å². The molecule has 0 saturated carbocycles. The molecule has 1 aliphatic heterocycles. The predicted molar refractivity (Wildman–Crippen MR) is 55.5 cm³/mol. The largest absolute Gasteiger partial charge is 0.461 e. The maximum atomic E-state index is 11.1. The van der Waals surface area contributed by atoms with E-state index in [-0.39, 0.29) is 18.0 Å². The van der Waals surface area contributed by atoms with Crippen LogP contribution < -0.4 is 0 Å². The van der Waals surface area contributed by atoms with Crippen LogP contribution in [0.25, 0.3) is 0 Å². The standard InChI is InChI=1S/C12H18O2/c1-4-5-6-7-11-10(8-9(2)3)12(13)14-11/h1,9-11H,5-8H2,2-3H3. The van der Waals surface area contributed by atoms with Crippen molar-refractivity contribution < 1.29 is 9.53 Å². The lowest BCUT2D eigenvalue weighted by atomic mass is 9.85. The molecule has 78 valence electrons. The van der Waals surface area contributed by atoms with Crippen molar-refractivity contribution in [2.24, 2.45) is 11.8 Å². The Hall–Kier alpha value is -0.970. The highest BCUT2D eigenvalue weighted by Crippen LogP contribution is 2.31. The summed E-state index contributed by atoms with van der Waals surface area (Å²) in [5.41, 5.74) is 0. The van der Waals surface area contributed by atoms with Crippen LogP contribution in [0.1, 0.15) is 39.5 Å². The SMILES string of the molecule is C#CCCCC1OC(=O)C1CC(C)C. The van der Waals surface area contributed by atoms with Gasteiger partial charge in [0.1, 0.15) is 6.10 Å². The van der Waals surface area contributed by atoms with E-state index in [0.717, 1.165) is 25.7 Å². The Kier molecular flexibility index (Phi) is 4.00. The molecular formula is C12H18O2. The molecule has 2 atom stereocenters. The zero-order valence-electron chi connectivity index (χ0n) is 8.95. The van der Waals surface area contributed by atoms with Crippen LogP contribution in [0.15, 0.2) is 0 Å². The van der Waals surface area contributed by atoms with Gasteiger partial charge in [-0.1, -0.05) is 13.8 Å². The Labute approximate surface area is 86.0 Å².